The lowest BCUT2D eigenvalue weighted by Crippen LogP contribution is -2.01. The maximum atomic E-state index is 12.2. The molecule has 2 N–H and O–H groups in total. The molecule has 1 aromatic rings. The van der Waals surface area contributed by atoms with Gasteiger partial charge in [-0.25, -0.2) is 0 Å². The highest BCUT2D eigenvalue weighted by Crippen LogP contribution is 2.50. The van der Waals surface area contributed by atoms with Crippen molar-refractivity contribution in [1.82, 2.24) is 4.98 Å². The van der Waals surface area contributed by atoms with Crippen LogP contribution in [0.4, 0.5) is 0 Å². The maximum Gasteiger partial charge on any atom is 0.356 e. The summed E-state index contributed by atoms with van der Waals surface area (Å²) < 4.78 is 22.4. The number of hydrogen-bond donors (Lipinski definition) is 1. The number of nitrogens with zero attached hydrogens (tertiary/aromatic N) is 1. The minimum absolute atomic E-state index is 0.288. The summed E-state index contributed by atoms with van der Waals surface area (Å²) in [6.45, 7) is 4.08. The van der Waals surface area contributed by atoms with Crippen molar-refractivity contribution < 1.29 is 13.6 Å². The van der Waals surface area contributed by atoms with Gasteiger partial charge in [-0.2, -0.15) is 0 Å². The van der Waals surface area contributed by atoms with Gasteiger partial charge >= 0.3 is 7.60 Å². The van der Waals surface area contributed by atoms with E-state index in [1.54, 1.807) is 38.2 Å². The van der Waals surface area contributed by atoms with E-state index >= 15 is 0 Å². The lowest BCUT2D eigenvalue weighted by molar-refractivity contribution is 0.229. The third-order valence-corrected chi connectivity index (χ3v) is 3.71. The first-order valence-electron chi connectivity index (χ1n) is 5.40. The second kappa shape index (κ2) is 6.55. The second-order valence-electron chi connectivity index (χ2n) is 3.17. The molecule has 1 heterocycles. The van der Waals surface area contributed by atoms with Crippen LogP contribution in [0.25, 0.3) is 5.70 Å². The first-order valence-corrected chi connectivity index (χ1v) is 7.01. The van der Waals surface area contributed by atoms with Crippen LogP contribution in [0, 0.1) is 0 Å². The zero-order valence-corrected chi connectivity index (χ0v) is 10.9. The van der Waals surface area contributed by atoms with Crippen molar-refractivity contribution in [2.24, 2.45) is 5.73 Å². The molecule has 0 saturated carbocycles. The van der Waals surface area contributed by atoms with Gasteiger partial charge in [-0.15, -0.1) is 0 Å². The van der Waals surface area contributed by atoms with E-state index in [1.807, 2.05) is 0 Å². The van der Waals surface area contributed by atoms with Gasteiger partial charge in [0.25, 0.3) is 0 Å². The van der Waals surface area contributed by atoms with Crippen LogP contribution >= 0.6 is 7.60 Å². The molecular weight excluding hydrogens is 239 g/mol. The standard InChI is InChI=1S/C11H17N2O3P/c1-3-15-17(14,16-4-2)9-10(12)11-7-5-6-8-13-11/h5-9H,3-4,12H2,1-2H3/b10-9+. The molecule has 0 amide bonds. The van der Waals surface area contributed by atoms with Crippen molar-refractivity contribution in [3.8, 4) is 0 Å². The SMILES string of the molecule is CCOP(=O)(/C=C(/N)c1ccccn1)OCC. The van der Waals surface area contributed by atoms with E-state index < -0.39 is 7.60 Å². The van der Waals surface area contributed by atoms with E-state index in [0.717, 1.165) is 0 Å². The molecule has 17 heavy (non-hydrogen) atoms. The number of rotatable bonds is 6. The summed E-state index contributed by atoms with van der Waals surface area (Å²) in [5.74, 6) is 1.31. The molecule has 0 bridgehead atoms. The lowest BCUT2D eigenvalue weighted by atomic mass is 10.3. The Kier molecular flexibility index (Phi) is 5.35. The number of aromatic nitrogens is 1. The van der Waals surface area contributed by atoms with Crippen molar-refractivity contribution in [2.45, 2.75) is 13.8 Å². The average Bonchev–Trinajstić information content (AvgIpc) is 2.30. The van der Waals surface area contributed by atoms with Crippen LogP contribution < -0.4 is 5.73 Å². The van der Waals surface area contributed by atoms with Crippen molar-refractivity contribution >= 4 is 13.3 Å². The van der Waals surface area contributed by atoms with Gasteiger partial charge in [0.15, 0.2) is 0 Å². The Morgan fingerprint density at radius 3 is 2.53 bits per heavy atom. The highest BCUT2D eigenvalue weighted by Gasteiger charge is 2.21. The maximum absolute atomic E-state index is 12.2. The van der Waals surface area contributed by atoms with Crippen molar-refractivity contribution in [3.63, 3.8) is 0 Å². The molecule has 0 fully saturated rings. The van der Waals surface area contributed by atoms with Crippen LogP contribution in [0.1, 0.15) is 19.5 Å². The van der Waals surface area contributed by atoms with Crippen LogP contribution in [0.3, 0.4) is 0 Å². The summed E-state index contributed by atoms with van der Waals surface area (Å²) in [5.41, 5.74) is 6.64. The molecular formula is C11H17N2O3P. The van der Waals surface area contributed by atoms with E-state index in [2.05, 4.69) is 4.98 Å². The van der Waals surface area contributed by atoms with Gasteiger partial charge in [-0.1, -0.05) is 6.07 Å². The Hall–Kier alpha value is -1.16. The Morgan fingerprint density at radius 1 is 1.41 bits per heavy atom. The lowest BCUT2D eigenvalue weighted by Gasteiger charge is -2.13. The van der Waals surface area contributed by atoms with Crippen LogP contribution in [-0.2, 0) is 13.6 Å². The molecule has 0 saturated heterocycles. The molecule has 1 rings (SSSR count). The van der Waals surface area contributed by atoms with Crippen molar-refractivity contribution in [2.75, 3.05) is 13.2 Å². The normalized spacial score (nSPS) is 12.7. The summed E-state index contributed by atoms with van der Waals surface area (Å²) in [7, 11) is -3.27. The summed E-state index contributed by atoms with van der Waals surface area (Å²) in [5, 5.41) is 0. The number of hydrogen-bond acceptors (Lipinski definition) is 5. The molecule has 0 aliphatic heterocycles. The van der Waals surface area contributed by atoms with Crippen LogP contribution in [0.5, 0.6) is 0 Å². The molecule has 5 nitrogen and oxygen atoms in total. The molecule has 0 radical (unpaired) electrons. The molecule has 0 aliphatic carbocycles. The molecule has 6 heteroatoms. The first kappa shape index (κ1) is 13.9. The summed E-state index contributed by atoms with van der Waals surface area (Å²) >= 11 is 0. The highest BCUT2D eigenvalue weighted by molar-refractivity contribution is 7.57. The molecule has 0 unspecified atom stereocenters. The Balaban J connectivity index is 2.95. The van der Waals surface area contributed by atoms with Gasteiger partial charge in [0, 0.05) is 6.20 Å². The van der Waals surface area contributed by atoms with E-state index in [1.165, 1.54) is 5.82 Å². The third-order valence-electron chi connectivity index (χ3n) is 1.88. The zero-order valence-electron chi connectivity index (χ0n) is 10.00. The minimum atomic E-state index is -3.27. The highest BCUT2D eigenvalue weighted by atomic mass is 31.2. The Morgan fingerprint density at radius 2 is 2.06 bits per heavy atom. The van der Waals surface area contributed by atoms with Crippen molar-refractivity contribution in [1.29, 1.82) is 0 Å². The molecule has 94 valence electrons. The van der Waals surface area contributed by atoms with E-state index in [-0.39, 0.29) is 5.70 Å². The first-order chi connectivity index (χ1) is 8.11. The zero-order chi connectivity index (χ0) is 12.7. The van der Waals surface area contributed by atoms with Crippen LogP contribution in [0.2, 0.25) is 0 Å². The fraction of sp³-hybridized carbons (Fsp3) is 0.364. The smallest absolute Gasteiger partial charge is 0.356 e. The number of nitrogens with two attached hydrogens (primary N) is 1. The summed E-state index contributed by atoms with van der Waals surface area (Å²) in [4.78, 5) is 4.06. The predicted molar refractivity (Wildman–Crippen MR) is 67.3 cm³/mol. The fourth-order valence-corrected chi connectivity index (χ4v) is 2.66. The molecule has 0 atom stereocenters. The fourth-order valence-electron chi connectivity index (χ4n) is 1.24. The monoisotopic (exact) mass is 256 g/mol. The van der Waals surface area contributed by atoms with Gasteiger partial charge in [-0.3, -0.25) is 9.55 Å². The predicted octanol–water partition coefficient (Wildman–Crippen LogP) is 2.60. The van der Waals surface area contributed by atoms with E-state index in [9.17, 15) is 4.57 Å². The molecule has 1 aromatic heterocycles. The van der Waals surface area contributed by atoms with Gasteiger partial charge in [0.05, 0.1) is 30.4 Å². The quantitative estimate of drug-likeness (QED) is 0.792. The molecule has 0 spiro atoms. The van der Waals surface area contributed by atoms with Gasteiger partial charge in [-0.05, 0) is 26.0 Å². The third kappa shape index (κ3) is 4.30. The van der Waals surface area contributed by atoms with Gasteiger partial charge in [0.2, 0.25) is 0 Å². The van der Waals surface area contributed by atoms with Crippen LogP contribution in [0.15, 0.2) is 30.2 Å². The minimum Gasteiger partial charge on any atom is -0.397 e. The Labute approximate surface area is 101 Å². The largest absolute Gasteiger partial charge is 0.397 e. The van der Waals surface area contributed by atoms with Gasteiger partial charge < -0.3 is 14.8 Å². The summed E-state index contributed by atoms with van der Waals surface area (Å²) in [6.07, 6.45) is 1.61. The van der Waals surface area contributed by atoms with Crippen LogP contribution in [-0.4, -0.2) is 18.2 Å². The van der Waals surface area contributed by atoms with Gasteiger partial charge in [0.1, 0.15) is 0 Å². The van der Waals surface area contributed by atoms with E-state index in [4.69, 9.17) is 14.8 Å². The second-order valence-corrected chi connectivity index (χ2v) is 5.03. The topological polar surface area (TPSA) is 74.4 Å². The molecule has 0 aromatic carbocycles. The van der Waals surface area contributed by atoms with Crippen molar-refractivity contribution in [3.05, 3.63) is 35.9 Å². The summed E-state index contributed by atoms with van der Waals surface area (Å²) in [6, 6.07) is 5.31. The number of pyridine rings is 1. The Bertz CT molecular complexity index is 410. The van der Waals surface area contributed by atoms with E-state index in [0.29, 0.717) is 18.9 Å². The molecule has 0 aliphatic rings. The average molecular weight is 256 g/mol.